The molecule has 0 unspecified atom stereocenters. The zero-order valence-corrected chi connectivity index (χ0v) is 31.2. The van der Waals surface area contributed by atoms with Gasteiger partial charge in [-0.3, -0.25) is 14.5 Å². The zero-order chi connectivity index (χ0) is 37.3. The smallest absolute Gasteiger partial charge is 0.260 e. The van der Waals surface area contributed by atoms with E-state index < -0.39 is 0 Å². The van der Waals surface area contributed by atoms with Crippen molar-refractivity contribution < 1.29 is 24.5 Å². The Morgan fingerprint density at radius 1 is 0.833 bits per heavy atom. The number of fused-ring (bicyclic) bond motifs is 2. The highest BCUT2D eigenvalue weighted by Gasteiger charge is 2.35. The minimum atomic E-state index is -0.185. The molecular weight excluding hydrogens is 679 g/mol. The van der Waals surface area contributed by atoms with Gasteiger partial charge in [0.1, 0.15) is 5.75 Å². The van der Waals surface area contributed by atoms with Crippen LogP contribution in [0.1, 0.15) is 63.9 Å². The quantitative estimate of drug-likeness (QED) is 0.181. The summed E-state index contributed by atoms with van der Waals surface area (Å²) in [4.78, 5) is 38.7. The molecule has 4 aromatic carbocycles. The second-order valence-corrected chi connectivity index (χ2v) is 15.1. The molecule has 3 heterocycles. The van der Waals surface area contributed by atoms with Crippen LogP contribution < -0.4 is 9.64 Å². The standard InChI is InChI=1S/C44H49N5O5/c1-45-20-22-46(23-21-45)28-34-24-30-10-6-7-11-31(30)27-47(34)43(52)37-25-41(51)42(54-2)26-40(37)48-29-38(36-14-8-9-15-39(36)48)44(53)49(32-12-4-3-5-13-32)33-16-18-35(50)19-17-33/h6-11,14-19,25-26,29,32,34,50-51H,3-5,12-13,20-24,27-28H2,1-2H3/t34-/m0/s1. The van der Waals surface area contributed by atoms with Crippen LogP contribution in [-0.4, -0.2) is 100 Å². The molecule has 280 valence electrons. The van der Waals surface area contributed by atoms with Gasteiger partial charge in [-0.2, -0.15) is 0 Å². The van der Waals surface area contributed by atoms with Gasteiger partial charge in [-0.25, -0.2) is 0 Å². The number of benzene rings is 4. The summed E-state index contributed by atoms with van der Waals surface area (Å²) in [5.74, 6) is -0.0664. The molecule has 1 saturated carbocycles. The molecule has 2 amide bonds. The first-order chi connectivity index (χ1) is 26.3. The van der Waals surface area contributed by atoms with Gasteiger partial charge in [-0.05, 0) is 73.8 Å². The van der Waals surface area contributed by atoms with E-state index in [0.717, 1.165) is 93.4 Å². The maximum Gasteiger partial charge on any atom is 0.260 e. The third-order valence-electron chi connectivity index (χ3n) is 11.7. The first-order valence-electron chi connectivity index (χ1n) is 19.2. The van der Waals surface area contributed by atoms with E-state index in [-0.39, 0.29) is 41.1 Å². The number of hydrogen-bond acceptors (Lipinski definition) is 7. The number of rotatable bonds is 8. The number of methoxy groups -OCH3 is 1. The average Bonchev–Trinajstić information content (AvgIpc) is 3.59. The number of aromatic nitrogens is 1. The van der Waals surface area contributed by atoms with Crippen LogP contribution in [0.2, 0.25) is 0 Å². The highest BCUT2D eigenvalue weighted by atomic mass is 16.5. The molecule has 2 fully saturated rings. The van der Waals surface area contributed by atoms with Crippen molar-refractivity contribution in [2.45, 2.75) is 57.2 Å². The van der Waals surface area contributed by atoms with Gasteiger partial charge >= 0.3 is 0 Å². The van der Waals surface area contributed by atoms with Gasteiger partial charge < -0.3 is 34.2 Å². The van der Waals surface area contributed by atoms with Gasteiger partial charge in [-0.1, -0.05) is 61.7 Å². The van der Waals surface area contributed by atoms with Crippen molar-refractivity contribution in [3.8, 4) is 22.9 Å². The highest BCUT2D eigenvalue weighted by molar-refractivity contribution is 6.15. The van der Waals surface area contributed by atoms with Gasteiger partial charge in [0.2, 0.25) is 0 Å². The molecule has 2 aliphatic heterocycles. The number of carbonyl (C=O) groups excluding carboxylic acids is 2. The molecule has 2 N–H and O–H groups in total. The number of hydrogen-bond donors (Lipinski definition) is 2. The van der Waals surface area contributed by atoms with Crippen LogP contribution in [-0.2, 0) is 13.0 Å². The number of piperazine rings is 1. The lowest BCUT2D eigenvalue weighted by molar-refractivity contribution is 0.0535. The highest BCUT2D eigenvalue weighted by Crippen LogP contribution is 2.38. The SMILES string of the molecule is COc1cc(-n2cc(C(=O)N(c3ccc(O)cc3)C3CCCCC3)c3ccccc32)c(C(=O)N2Cc3ccccc3C[C@H]2CN2CCN(C)CC2)cc1O. The molecule has 1 atom stereocenters. The summed E-state index contributed by atoms with van der Waals surface area (Å²) in [7, 11) is 3.64. The first kappa shape index (κ1) is 35.7. The van der Waals surface area contributed by atoms with E-state index in [9.17, 15) is 15.0 Å². The van der Waals surface area contributed by atoms with Crippen LogP contribution in [0.3, 0.4) is 0 Å². The van der Waals surface area contributed by atoms with Crippen molar-refractivity contribution in [2.24, 2.45) is 0 Å². The molecule has 10 heteroatoms. The number of likely N-dealkylation sites (N-methyl/N-ethyl adjacent to an activating group) is 1. The molecule has 0 radical (unpaired) electrons. The van der Waals surface area contributed by atoms with E-state index in [2.05, 4.69) is 35.0 Å². The normalized spacial score (nSPS) is 18.4. The maximum absolute atomic E-state index is 15.1. The van der Waals surface area contributed by atoms with Crippen molar-refractivity contribution in [1.82, 2.24) is 19.3 Å². The Labute approximate surface area is 316 Å². The molecule has 10 nitrogen and oxygen atoms in total. The predicted octanol–water partition coefficient (Wildman–Crippen LogP) is 6.84. The molecule has 1 aromatic heterocycles. The van der Waals surface area contributed by atoms with Crippen molar-refractivity contribution in [2.75, 3.05) is 51.8 Å². The Balaban J connectivity index is 1.22. The zero-order valence-electron chi connectivity index (χ0n) is 31.2. The second kappa shape index (κ2) is 15.2. The lowest BCUT2D eigenvalue weighted by atomic mass is 9.92. The predicted molar refractivity (Wildman–Crippen MR) is 211 cm³/mol. The molecule has 0 spiro atoms. The first-order valence-corrected chi connectivity index (χ1v) is 19.2. The van der Waals surface area contributed by atoms with Crippen LogP contribution in [0, 0.1) is 0 Å². The van der Waals surface area contributed by atoms with E-state index in [4.69, 9.17) is 4.74 Å². The number of ether oxygens (including phenoxy) is 1. The largest absolute Gasteiger partial charge is 0.508 e. The number of phenolic OH excluding ortho intramolecular Hbond substituents is 2. The molecule has 0 bridgehead atoms. The van der Waals surface area contributed by atoms with E-state index in [1.54, 1.807) is 30.3 Å². The second-order valence-electron chi connectivity index (χ2n) is 15.1. The lowest BCUT2D eigenvalue weighted by Gasteiger charge is -2.41. The van der Waals surface area contributed by atoms with Crippen LogP contribution in [0.5, 0.6) is 17.2 Å². The molecule has 5 aromatic rings. The van der Waals surface area contributed by atoms with Crippen LogP contribution in [0.4, 0.5) is 5.69 Å². The Morgan fingerprint density at radius 2 is 1.54 bits per heavy atom. The molecule has 8 rings (SSSR count). The van der Waals surface area contributed by atoms with Crippen LogP contribution in [0.25, 0.3) is 16.6 Å². The Bertz CT molecular complexity index is 2150. The molecular formula is C44H49N5O5. The Morgan fingerprint density at radius 3 is 2.28 bits per heavy atom. The van der Waals surface area contributed by atoms with Gasteiger partial charge in [0.25, 0.3) is 11.8 Å². The van der Waals surface area contributed by atoms with E-state index in [1.165, 1.54) is 18.7 Å². The summed E-state index contributed by atoms with van der Waals surface area (Å²) in [6, 6.07) is 26.1. The Kier molecular flexibility index (Phi) is 10.0. The minimum absolute atomic E-state index is 0.0167. The third-order valence-corrected chi connectivity index (χ3v) is 11.7. The topological polar surface area (TPSA) is 102 Å². The van der Waals surface area contributed by atoms with E-state index >= 15 is 4.79 Å². The van der Waals surface area contributed by atoms with Gasteiger partial charge in [0, 0.05) is 74.7 Å². The number of phenols is 2. The summed E-state index contributed by atoms with van der Waals surface area (Å²) in [5, 5.41) is 22.0. The number of carbonyl (C=O) groups is 2. The number of amides is 2. The van der Waals surface area contributed by atoms with Gasteiger partial charge in [0.05, 0.1) is 29.4 Å². The number of aromatic hydroxyl groups is 2. The van der Waals surface area contributed by atoms with Crippen molar-refractivity contribution in [3.63, 3.8) is 0 Å². The fourth-order valence-corrected chi connectivity index (χ4v) is 8.69. The minimum Gasteiger partial charge on any atom is -0.508 e. The number of nitrogens with zero attached hydrogens (tertiary/aromatic N) is 5. The summed E-state index contributed by atoms with van der Waals surface area (Å²) in [5.41, 5.74) is 5.24. The van der Waals surface area contributed by atoms with E-state index in [0.29, 0.717) is 23.4 Å². The molecule has 3 aliphatic rings. The van der Waals surface area contributed by atoms with Crippen molar-refractivity contribution >= 4 is 28.4 Å². The average molecular weight is 728 g/mol. The third kappa shape index (κ3) is 6.92. The lowest BCUT2D eigenvalue weighted by Crippen LogP contribution is -2.53. The summed E-state index contributed by atoms with van der Waals surface area (Å²) in [6.07, 6.45) is 7.60. The fraction of sp³-hybridized carbons (Fsp3) is 0.364. The van der Waals surface area contributed by atoms with Gasteiger partial charge in [0.15, 0.2) is 11.5 Å². The molecule has 1 aliphatic carbocycles. The monoisotopic (exact) mass is 727 g/mol. The van der Waals surface area contributed by atoms with Crippen LogP contribution in [0.15, 0.2) is 91.1 Å². The maximum atomic E-state index is 15.1. The van der Waals surface area contributed by atoms with Gasteiger partial charge in [-0.15, -0.1) is 0 Å². The van der Waals surface area contributed by atoms with Crippen molar-refractivity contribution in [3.05, 3.63) is 113 Å². The van der Waals surface area contributed by atoms with Crippen LogP contribution >= 0.6 is 0 Å². The summed E-state index contributed by atoms with van der Waals surface area (Å²) in [6.45, 7) is 5.07. The molecule has 54 heavy (non-hydrogen) atoms. The fourth-order valence-electron chi connectivity index (χ4n) is 8.69. The Hall–Kier alpha value is -5.32. The van der Waals surface area contributed by atoms with Crippen molar-refractivity contribution in [1.29, 1.82) is 0 Å². The number of para-hydroxylation sites is 1. The molecule has 1 saturated heterocycles. The number of anilines is 1. The summed E-state index contributed by atoms with van der Waals surface area (Å²) >= 11 is 0. The van der Waals surface area contributed by atoms with E-state index in [1.807, 2.05) is 50.9 Å². The summed E-state index contributed by atoms with van der Waals surface area (Å²) < 4.78 is 7.52.